The normalized spacial score (nSPS) is 16.2. The number of rotatable bonds is 10. The molecule has 10 nitrogen and oxygen atoms in total. The van der Waals surface area contributed by atoms with E-state index in [-0.39, 0.29) is 64.9 Å². The largest absolute Gasteiger partial charge is 0.495 e. The summed E-state index contributed by atoms with van der Waals surface area (Å²) in [5.74, 6) is -2.68. The molecule has 2 atom stereocenters. The van der Waals surface area contributed by atoms with Crippen molar-refractivity contribution in [3.8, 4) is 17.2 Å². The standard InChI is InChI=1S/C27H26Cl2F3N3O7/c1-4-39-21(37)13-20-25-33-34-26(27(30,31)32)35(25)23-17(24(42-20)16-7-5-8-18(38-3)22(16)29)11-15(28)12-19(23)41-10-6-9-40-14(2)36/h5,7-8,11-12,20,24H,4,6,9-10,13H2,1-3H3/t20-,24-/m1/s1. The third-order valence-electron chi connectivity index (χ3n) is 6.11. The van der Waals surface area contributed by atoms with Gasteiger partial charge in [0.25, 0.3) is 0 Å². The van der Waals surface area contributed by atoms with E-state index < -0.39 is 42.6 Å². The molecule has 1 aromatic heterocycles. The molecule has 1 aliphatic rings. The van der Waals surface area contributed by atoms with E-state index in [0.29, 0.717) is 5.56 Å². The first-order chi connectivity index (χ1) is 20.0. The van der Waals surface area contributed by atoms with Gasteiger partial charge < -0.3 is 23.7 Å². The van der Waals surface area contributed by atoms with Crippen molar-refractivity contribution in [2.75, 3.05) is 26.9 Å². The van der Waals surface area contributed by atoms with Gasteiger partial charge in [0.15, 0.2) is 5.82 Å². The molecule has 0 unspecified atom stereocenters. The van der Waals surface area contributed by atoms with Crippen LogP contribution < -0.4 is 9.47 Å². The van der Waals surface area contributed by atoms with Crippen molar-refractivity contribution < 1.29 is 46.4 Å². The molecule has 0 saturated carbocycles. The van der Waals surface area contributed by atoms with Crippen LogP contribution in [0.3, 0.4) is 0 Å². The average Bonchev–Trinajstić information content (AvgIpc) is 3.31. The highest BCUT2D eigenvalue weighted by molar-refractivity contribution is 6.33. The highest BCUT2D eigenvalue weighted by Gasteiger charge is 2.45. The Morgan fingerprint density at radius 3 is 2.50 bits per heavy atom. The monoisotopic (exact) mass is 631 g/mol. The van der Waals surface area contributed by atoms with Gasteiger partial charge in [0.05, 0.1) is 44.1 Å². The van der Waals surface area contributed by atoms with Crippen molar-refractivity contribution in [2.24, 2.45) is 0 Å². The predicted octanol–water partition coefficient (Wildman–Crippen LogP) is 6.05. The molecule has 0 fully saturated rings. The van der Waals surface area contributed by atoms with Gasteiger partial charge in [-0.25, -0.2) is 0 Å². The van der Waals surface area contributed by atoms with Crippen LogP contribution >= 0.6 is 23.2 Å². The van der Waals surface area contributed by atoms with Gasteiger partial charge in [0.2, 0.25) is 5.82 Å². The van der Waals surface area contributed by atoms with Crippen molar-refractivity contribution in [3.05, 3.63) is 63.2 Å². The number of aromatic nitrogens is 3. The Morgan fingerprint density at radius 2 is 1.83 bits per heavy atom. The van der Waals surface area contributed by atoms with Gasteiger partial charge >= 0.3 is 18.1 Å². The third kappa shape index (κ3) is 6.74. The first kappa shape index (κ1) is 31.4. The Balaban J connectivity index is 1.96. The second-order valence-corrected chi connectivity index (χ2v) is 9.79. The molecule has 42 heavy (non-hydrogen) atoms. The van der Waals surface area contributed by atoms with Gasteiger partial charge in [-0.05, 0) is 19.1 Å². The lowest BCUT2D eigenvalue weighted by molar-refractivity contribution is -0.147. The van der Waals surface area contributed by atoms with Crippen LogP contribution in [-0.2, 0) is 30.0 Å². The first-order valence-electron chi connectivity index (χ1n) is 12.7. The molecule has 0 saturated heterocycles. The van der Waals surface area contributed by atoms with Crippen LogP contribution in [0.5, 0.6) is 11.5 Å². The molecule has 226 valence electrons. The maximum atomic E-state index is 14.4. The molecule has 3 aromatic rings. The van der Waals surface area contributed by atoms with E-state index in [0.717, 1.165) is 4.57 Å². The number of carbonyl (C=O) groups excluding carboxylic acids is 2. The summed E-state index contributed by atoms with van der Waals surface area (Å²) in [6, 6.07) is 7.60. The van der Waals surface area contributed by atoms with Gasteiger partial charge in [-0.2, -0.15) is 13.2 Å². The molecular weight excluding hydrogens is 606 g/mol. The minimum atomic E-state index is -4.96. The summed E-state index contributed by atoms with van der Waals surface area (Å²) in [7, 11) is 1.41. The van der Waals surface area contributed by atoms with Crippen LogP contribution in [0, 0.1) is 0 Å². The number of methoxy groups -OCH3 is 1. The zero-order chi connectivity index (χ0) is 30.6. The Hall–Kier alpha value is -3.55. The molecule has 2 aromatic carbocycles. The summed E-state index contributed by atoms with van der Waals surface area (Å²) in [6.07, 6.45) is -7.75. The maximum absolute atomic E-state index is 14.4. The van der Waals surface area contributed by atoms with Crippen molar-refractivity contribution >= 4 is 35.1 Å². The van der Waals surface area contributed by atoms with E-state index >= 15 is 0 Å². The third-order valence-corrected chi connectivity index (χ3v) is 6.73. The van der Waals surface area contributed by atoms with Gasteiger partial charge in [-0.3, -0.25) is 14.2 Å². The summed E-state index contributed by atoms with van der Waals surface area (Å²) in [5, 5.41) is 7.46. The van der Waals surface area contributed by atoms with Crippen molar-refractivity contribution in [3.63, 3.8) is 0 Å². The number of esters is 2. The van der Waals surface area contributed by atoms with E-state index in [9.17, 15) is 22.8 Å². The van der Waals surface area contributed by atoms with Crippen LogP contribution in [0.15, 0.2) is 30.3 Å². The maximum Gasteiger partial charge on any atom is 0.452 e. The van der Waals surface area contributed by atoms with Gasteiger partial charge in [0.1, 0.15) is 23.7 Å². The number of carbonyl (C=O) groups is 2. The van der Waals surface area contributed by atoms with Crippen LogP contribution in [-0.4, -0.2) is 53.6 Å². The van der Waals surface area contributed by atoms with E-state index in [1.165, 1.54) is 26.2 Å². The highest BCUT2D eigenvalue weighted by atomic mass is 35.5. The Labute approximate surface area is 248 Å². The van der Waals surface area contributed by atoms with Crippen molar-refractivity contribution in [2.45, 2.75) is 45.1 Å². The summed E-state index contributed by atoms with van der Waals surface area (Å²) in [4.78, 5) is 23.7. The zero-order valence-electron chi connectivity index (χ0n) is 22.7. The van der Waals surface area contributed by atoms with Crippen LogP contribution in [0.2, 0.25) is 10.0 Å². The second kappa shape index (κ2) is 13.2. The fraction of sp³-hybridized carbons (Fsp3) is 0.407. The topological polar surface area (TPSA) is 111 Å². The Bertz CT molecular complexity index is 1470. The molecule has 0 aliphatic carbocycles. The highest BCUT2D eigenvalue weighted by Crippen LogP contribution is 2.49. The molecule has 4 rings (SSSR count). The second-order valence-electron chi connectivity index (χ2n) is 8.98. The smallest absolute Gasteiger partial charge is 0.452 e. The molecule has 0 N–H and O–H groups in total. The summed E-state index contributed by atoms with van der Waals surface area (Å²) < 4.78 is 71.4. The molecule has 15 heteroatoms. The van der Waals surface area contributed by atoms with E-state index in [4.69, 9.17) is 46.9 Å². The van der Waals surface area contributed by atoms with E-state index in [1.54, 1.807) is 25.1 Å². The number of halogens is 5. The number of hydrogen-bond acceptors (Lipinski definition) is 9. The predicted molar refractivity (Wildman–Crippen MR) is 143 cm³/mol. The number of benzene rings is 2. The zero-order valence-corrected chi connectivity index (χ0v) is 24.2. The lowest BCUT2D eigenvalue weighted by atomic mass is 9.98. The Kier molecular flexibility index (Phi) is 9.85. The van der Waals surface area contributed by atoms with Gasteiger partial charge in [-0.1, -0.05) is 35.3 Å². The molecule has 0 bridgehead atoms. The molecule has 0 amide bonds. The number of alkyl halides is 3. The number of ether oxygens (including phenoxy) is 5. The summed E-state index contributed by atoms with van der Waals surface area (Å²) in [5.41, 5.74) is 0.335. The quantitative estimate of drug-likeness (QED) is 0.195. The number of nitrogens with zero attached hydrogens (tertiary/aromatic N) is 3. The van der Waals surface area contributed by atoms with Gasteiger partial charge in [0, 0.05) is 35.6 Å². The van der Waals surface area contributed by atoms with E-state index in [2.05, 4.69) is 10.2 Å². The fourth-order valence-corrected chi connectivity index (χ4v) is 4.97. The number of hydrogen-bond donors (Lipinski definition) is 0. The lowest BCUT2D eigenvalue weighted by Gasteiger charge is -2.24. The van der Waals surface area contributed by atoms with E-state index in [1.807, 2.05) is 0 Å². The SMILES string of the molecule is CCOC(=O)C[C@H]1O[C@H](c2cccc(OC)c2Cl)c2cc(Cl)cc(OCCCOC(C)=O)c2-n2c1nnc2C(F)(F)F. The molecule has 0 radical (unpaired) electrons. The van der Waals surface area contributed by atoms with Crippen molar-refractivity contribution in [1.29, 1.82) is 0 Å². The van der Waals surface area contributed by atoms with Crippen LogP contribution in [0.25, 0.3) is 5.69 Å². The average molecular weight is 632 g/mol. The summed E-state index contributed by atoms with van der Waals surface area (Å²) in [6.45, 7) is 2.86. The Morgan fingerprint density at radius 1 is 1.07 bits per heavy atom. The van der Waals surface area contributed by atoms with Crippen LogP contribution in [0.4, 0.5) is 13.2 Å². The summed E-state index contributed by atoms with van der Waals surface area (Å²) >= 11 is 13.1. The molecule has 0 spiro atoms. The number of fused-ring (bicyclic) bond motifs is 3. The fourth-order valence-electron chi connectivity index (χ4n) is 4.45. The van der Waals surface area contributed by atoms with Crippen molar-refractivity contribution in [1.82, 2.24) is 14.8 Å². The minimum absolute atomic E-state index is 0.0243. The first-order valence-corrected chi connectivity index (χ1v) is 13.5. The molecule has 2 heterocycles. The van der Waals surface area contributed by atoms with Gasteiger partial charge in [-0.15, -0.1) is 10.2 Å². The minimum Gasteiger partial charge on any atom is -0.495 e. The molecular formula is C27H26Cl2F3N3O7. The lowest BCUT2D eigenvalue weighted by Crippen LogP contribution is -2.19. The molecule has 1 aliphatic heterocycles. The van der Waals surface area contributed by atoms with Crippen LogP contribution in [0.1, 0.15) is 61.7 Å².